The molecule has 1 N–H and O–H groups in total. The Bertz CT molecular complexity index is 404. The first-order chi connectivity index (χ1) is 9.49. The zero-order valence-corrected chi connectivity index (χ0v) is 13.5. The van der Waals surface area contributed by atoms with Gasteiger partial charge in [0.2, 0.25) is 0 Å². The van der Waals surface area contributed by atoms with Crippen LogP contribution in [0.2, 0.25) is 0 Å². The van der Waals surface area contributed by atoms with Gasteiger partial charge in [-0.1, -0.05) is 26.7 Å². The first-order valence-corrected chi connectivity index (χ1v) is 7.89. The molecule has 1 aromatic rings. The number of rotatable bonds is 7. The zero-order valence-electron chi connectivity index (χ0n) is 13.5. The molecule has 0 spiro atoms. The highest BCUT2D eigenvalue weighted by atomic mass is 15.2. The summed E-state index contributed by atoms with van der Waals surface area (Å²) in [5.41, 5.74) is 1.78. The third-order valence-electron chi connectivity index (χ3n) is 4.37. The van der Waals surface area contributed by atoms with E-state index in [0.29, 0.717) is 11.5 Å². The normalized spacial score (nSPS) is 18.3. The lowest BCUT2D eigenvalue weighted by molar-refractivity contribution is 0.164. The highest BCUT2D eigenvalue weighted by Gasteiger charge is 2.34. The summed E-state index contributed by atoms with van der Waals surface area (Å²) in [5, 5.41) is 7.91. The second-order valence-corrected chi connectivity index (χ2v) is 6.94. The summed E-state index contributed by atoms with van der Waals surface area (Å²) >= 11 is 0. The van der Waals surface area contributed by atoms with Gasteiger partial charge < -0.3 is 10.2 Å². The maximum absolute atomic E-state index is 4.26. The van der Waals surface area contributed by atoms with Crippen molar-refractivity contribution in [3.63, 3.8) is 0 Å². The predicted octanol–water partition coefficient (Wildman–Crippen LogP) is 2.41. The van der Waals surface area contributed by atoms with Crippen molar-refractivity contribution in [2.24, 2.45) is 12.5 Å². The van der Waals surface area contributed by atoms with Crippen LogP contribution in [0.1, 0.15) is 45.1 Å². The number of hydrogen-bond acceptors (Lipinski definition) is 3. The fourth-order valence-corrected chi connectivity index (χ4v) is 3.43. The van der Waals surface area contributed by atoms with Crippen LogP contribution in [-0.4, -0.2) is 40.9 Å². The molecule has 1 aliphatic carbocycles. The maximum atomic E-state index is 4.26. The minimum absolute atomic E-state index is 0.473. The van der Waals surface area contributed by atoms with E-state index >= 15 is 0 Å². The molecule has 1 aliphatic rings. The van der Waals surface area contributed by atoms with Crippen molar-refractivity contribution in [3.05, 3.63) is 18.0 Å². The number of aromatic nitrogens is 2. The van der Waals surface area contributed by atoms with Gasteiger partial charge in [0.1, 0.15) is 0 Å². The number of nitrogens with one attached hydrogen (secondary N) is 1. The molecule has 1 heterocycles. The van der Waals surface area contributed by atoms with Crippen molar-refractivity contribution in [1.29, 1.82) is 0 Å². The molecule has 4 nitrogen and oxygen atoms in total. The molecule has 0 saturated heterocycles. The summed E-state index contributed by atoms with van der Waals surface area (Å²) in [7, 11) is 4.22. The van der Waals surface area contributed by atoms with Gasteiger partial charge in [-0.05, 0) is 25.3 Å². The Kier molecular flexibility index (Phi) is 5.22. The van der Waals surface area contributed by atoms with E-state index in [1.165, 1.54) is 37.8 Å². The lowest BCUT2D eigenvalue weighted by atomic mass is 9.85. The lowest BCUT2D eigenvalue weighted by Crippen LogP contribution is -2.42. The van der Waals surface area contributed by atoms with E-state index in [0.717, 1.165) is 13.1 Å². The fraction of sp³-hybridized carbons (Fsp3) is 0.812. The van der Waals surface area contributed by atoms with Crippen LogP contribution in [0.15, 0.2) is 12.4 Å². The average molecular weight is 278 g/mol. The van der Waals surface area contributed by atoms with Gasteiger partial charge in [0.25, 0.3) is 0 Å². The number of nitrogens with zero attached hydrogens (tertiary/aromatic N) is 3. The van der Waals surface area contributed by atoms with Crippen LogP contribution in [0.5, 0.6) is 0 Å². The van der Waals surface area contributed by atoms with Crippen molar-refractivity contribution in [2.45, 2.75) is 52.1 Å². The van der Waals surface area contributed by atoms with Crippen LogP contribution < -0.4 is 5.32 Å². The summed E-state index contributed by atoms with van der Waals surface area (Å²) < 4.78 is 1.88. The van der Waals surface area contributed by atoms with Crippen molar-refractivity contribution in [2.75, 3.05) is 20.1 Å². The minimum Gasteiger partial charge on any atom is -0.314 e. The summed E-state index contributed by atoms with van der Waals surface area (Å²) in [5.74, 6) is 0. The topological polar surface area (TPSA) is 33.1 Å². The van der Waals surface area contributed by atoms with Gasteiger partial charge in [0, 0.05) is 44.5 Å². The first kappa shape index (κ1) is 15.5. The largest absolute Gasteiger partial charge is 0.314 e. The first-order valence-electron chi connectivity index (χ1n) is 7.89. The van der Waals surface area contributed by atoms with Crippen molar-refractivity contribution in [3.8, 4) is 0 Å². The standard InChI is InChI=1S/C16H30N4/c1-14(2)17-12-16(7-5-6-8-16)13-19(3)10-15-9-18-20(4)11-15/h9,11,14,17H,5-8,10,12-13H2,1-4H3. The second kappa shape index (κ2) is 6.72. The molecule has 0 amide bonds. The van der Waals surface area contributed by atoms with Crippen LogP contribution in [0.3, 0.4) is 0 Å². The van der Waals surface area contributed by atoms with Crippen LogP contribution in [0, 0.1) is 5.41 Å². The van der Waals surface area contributed by atoms with Crippen LogP contribution in [0.25, 0.3) is 0 Å². The van der Waals surface area contributed by atoms with E-state index < -0.39 is 0 Å². The molecule has 1 aromatic heterocycles. The third kappa shape index (κ3) is 4.32. The third-order valence-corrected chi connectivity index (χ3v) is 4.37. The Morgan fingerprint density at radius 1 is 1.40 bits per heavy atom. The summed E-state index contributed by atoms with van der Waals surface area (Å²) in [6.45, 7) is 7.81. The van der Waals surface area contributed by atoms with Crippen LogP contribution in [-0.2, 0) is 13.6 Å². The molecule has 1 saturated carbocycles. The van der Waals surface area contributed by atoms with Crippen molar-refractivity contribution < 1.29 is 0 Å². The van der Waals surface area contributed by atoms with E-state index in [-0.39, 0.29) is 0 Å². The SMILES string of the molecule is CC(C)NCC1(CN(C)Cc2cnn(C)c2)CCCC1. The van der Waals surface area contributed by atoms with E-state index in [1.807, 2.05) is 17.9 Å². The van der Waals surface area contributed by atoms with E-state index in [2.05, 4.69) is 42.4 Å². The number of aryl methyl sites for hydroxylation is 1. The van der Waals surface area contributed by atoms with Gasteiger partial charge in [-0.15, -0.1) is 0 Å². The van der Waals surface area contributed by atoms with E-state index in [1.54, 1.807) is 0 Å². The molecule has 0 bridgehead atoms. The zero-order chi connectivity index (χ0) is 14.6. The molecular formula is C16H30N4. The molecule has 4 heteroatoms. The van der Waals surface area contributed by atoms with Crippen molar-refractivity contribution in [1.82, 2.24) is 20.0 Å². The Morgan fingerprint density at radius 3 is 2.65 bits per heavy atom. The fourth-order valence-electron chi connectivity index (χ4n) is 3.43. The predicted molar refractivity (Wildman–Crippen MR) is 83.6 cm³/mol. The van der Waals surface area contributed by atoms with Gasteiger partial charge in [0.05, 0.1) is 6.20 Å². The molecule has 1 fully saturated rings. The van der Waals surface area contributed by atoms with Crippen LogP contribution >= 0.6 is 0 Å². The summed E-state index contributed by atoms with van der Waals surface area (Å²) in [6, 6.07) is 0.580. The molecule has 0 aliphatic heterocycles. The second-order valence-electron chi connectivity index (χ2n) is 6.94. The summed E-state index contributed by atoms with van der Waals surface area (Å²) in [4.78, 5) is 2.46. The van der Waals surface area contributed by atoms with E-state index in [4.69, 9.17) is 0 Å². The highest BCUT2D eigenvalue weighted by molar-refractivity contribution is 5.03. The van der Waals surface area contributed by atoms with Gasteiger partial charge in [-0.3, -0.25) is 4.68 Å². The highest BCUT2D eigenvalue weighted by Crippen LogP contribution is 2.38. The molecule has 0 atom stereocenters. The molecule has 0 aromatic carbocycles. The average Bonchev–Trinajstić information content (AvgIpc) is 2.97. The van der Waals surface area contributed by atoms with Gasteiger partial charge in [-0.25, -0.2) is 0 Å². The Hall–Kier alpha value is -0.870. The Morgan fingerprint density at radius 2 is 2.10 bits per heavy atom. The van der Waals surface area contributed by atoms with Gasteiger partial charge >= 0.3 is 0 Å². The lowest BCUT2D eigenvalue weighted by Gasteiger charge is -2.34. The molecule has 0 radical (unpaired) electrons. The van der Waals surface area contributed by atoms with Gasteiger partial charge in [0.15, 0.2) is 0 Å². The molecule has 114 valence electrons. The maximum Gasteiger partial charge on any atom is 0.0534 e. The summed E-state index contributed by atoms with van der Waals surface area (Å²) in [6.07, 6.45) is 9.60. The quantitative estimate of drug-likeness (QED) is 0.831. The van der Waals surface area contributed by atoms with Gasteiger partial charge in [-0.2, -0.15) is 5.10 Å². The minimum atomic E-state index is 0.473. The molecule has 20 heavy (non-hydrogen) atoms. The van der Waals surface area contributed by atoms with Crippen molar-refractivity contribution >= 4 is 0 Å². The Balaban J connectivity index is 1.90. The molecule has 0 unspecified atom stereocenters. The smallest absolute Gasteiger partial charge is 0.0534 e. The Labute approximate surface area is 123 Å². The number of hydrogen-bond donors (Lipinski definition) is 1. The van der Waals surface area contributed by atoms with Crippen LogP contribution in [0.4, 0.5) is 0 Å². The molecule has 2 rings (SSSR count). The molecular weight excluding hydrogens is 248 g/mol. The van der Waals surface area contributed by atoms with E-state index in [9.17, 15) is 0 Å². The monoisotopic (exact) mass is 278 g/mol.